The summed E-state index contributed by atoms with van der Waals surface area (Å²) < 4.78 is 11.2. The van der Waals surface area contributed by atoms with Crippen LogP contribution in [-0.2, 0) is 14.3 Å². The summed E-state index contributed by atoms with van der Waals surface area (Å²) in [5.41, 5.74) is -0.267. The third-order valence-corrected chi connectivity index (χ3v) is 4.06. The van der Waals surface area contributed by atoms with E-state index in [1.165, 1.54) is 0 Å². The van der Waals surface area contributed by atoms with Crippen molar-refractivity contribution in [2.45, 2.75) is 71.4 Å². The summed E-state index contributed by atoms with van der Waals surface area (Å²) in [5.74, 6) is -0.133. The van der Waals surface area contributed by atoms with E-state index in [0.717, 1.165) is 32.3 Å². The highest BCUT2D eigenvalue weighted by Gasteiger charge is 2.43. The summed E-state index contributed by atoms with van der Waals surface area (Å²) in [5, 5.41) is 3.18. The van der Waals surface area contributed by atoms with Crippen molar-refractivity contribution in [3.8, 4) is 0 Å². The molecule has 20 heavy (non-hydrogen) atoms. The zero-order valence-electron chi connectivity index (χ0n) is 13.8. The Balaban J connectivity index is 2.53. The second-order valence-corrected chi connectivity index (χ2v) is 6.95. The molecular formula is C16H31NO3. The SMILES string of the molecule is CCOC(=O)C1(NC)CCCC(OCCC(C)(C)C)C1. The highest BCUT2D eigenvalue weighted by atomic mass is 16.5. The third kappa shape index (κ3) is 5.06. The summed E-state index contributed by atoms with van der Waals surface area (Å²) >= 11 is 0. The molecule has 0 bridgehead atoms. The molecule has 2 atom stereocenters. The number of esters is 1. The molecule has 4 nitrogen and oxygen atoms in total. The van der Waals surface area contributed by atoms with Crippen molar-refractivity contribution in [1.82, 2.24) is 5.32 Å². The number of carbonyl (C=O) groups excluding carboxylic acids is 1. The van der Waals surface area contributed by atoms with Crippen LogP contribution < -0.4 is 5.32 Å². The van der Waals surface area contributed by atoms with Crippen molar-refractivity contribution >= 4 is 5.97 Å². The lowest BCUT2D eigenvalue weighted by Gasteiger charge is -2.38. The number of rotatable bonds is 6. The smallest absolute Gasteiger partial charge is 0.326 e. The van der Waals surface area contributed by atoms with Crippen LogP contribution in [0.15, 0.2) is 0 Å². The van der Waals surface area contributed by atoms with Crippen molar-refractivity contribution in [3.05, 3.63) is 0 Å². The molecule has 0 aliphatic heterocycles. The molecule has 0 aromatic rings. The van der Waals surface area contributed by atoms with Crippen LogP contribution in [0.4, 0.5) is 0 Å². The first-order valence-electron chi connectivity index (χ1n) is 7.81. The van der Waals surface area contributed by atoms with Gasteiger partial charge in [-0.05, 0) is 45.1 Å². The number of nitrogens with one attached hydrogen (secondary N) is 1. The lowest BCUT2D eigenvalue weighted by molar-refractivity contribution is -0.155. The number of carbonyl (C=O) groups is 1. The second-order valence-electron chi connectivity index (χ2n) is 6.95. The van der Waals surface area contributed by atoms with Crippen LogP contribution in [0.5, 0.6) is 0 Å². The van der Waals surface area contributed by atoms with Crippen molar-refractivity contribution in [2.75, 3.05) is 20.3 Å². The topological polar surface area (TPSA) is 47.6 Å². The summed E-state index contributed by atoms with van der Waals surface area (Å²) in [6.07, 6.45) is 4.78. The molecule has 0 saturated heterocycles. The van der Waals surface area contributed by atoms with E-state index in [2.05, 4.69) is 26.1 Å². The molecule has 0 aromatic carbocycles. The van der Waals surface area contributed by atoms with Crippen molar-refractivity contribution in [3.63, 3.8) is 0 Å². The predicted molar refractivity (Wildman–Crippen MR) is 80.7 cm³/mol. The molecule has 1 aliphatic rings. The van der Waals surface area contributed by atoms with E-state index in [1.807, 2.05) is 14.0 Å². The van der Waals surface area contributed by atoms with E-state index in [9.17, 15) is 4.79 Å². The molecule has 2 unspecified atom stereocenters. The Kier molecular flexibility index (Phi) is 6.46. The molecule has 4 heteroatoms. The molecule has 0 heterocycles. The van der Waals surface area contributed by atoms with E-state index in [-0.39, 0.29) is 17.5 Å². The molecule has 1 fully saturated rings. The summed E-state index contributed by atoms with van der Waals surface area (Å²) in [6, 6.07) is 0. The van der Waals surface area contributed by atoms with Gasteiger partial charge in [-0.1, -0.05) is 20.8 Å². The van der Waals surface area contributed by atoms with Crippen LogP contribution in [0.1, 0.15) is 59.8 Å². The molecule has 0 spiro atoms. The van der Waals surface area contributed by atoms with Crippen molar-refractivity contribution < 1.29 is 14.3 Å². The molecule has 1 N–H and O–H groups in total. The number of hydrogen-bond acceptors (Lipinski definition) is 4. The van der Waals surface area contributed by atoms with Gasteiger partial charge in [0, 0.05) is 13.0 Å². The molecule has 0 aromatic heterocycles. The van der Waals surface area contributed by atoms with Gasteiger partial charge in [0.05, 0.1) is 12.7 Å². The normalized spacial score (nSPS) is 27.4. The highest BCUT2D eigenvalue weighted by molar-refractivity contribution is 5.81. The van der Waals surface area contributed by atoms with Gasteiger partial charge >= 0.3 is 5.97 Å². The molecule has 1 saturated carbocycles. The lowest BCUT2D eigenvalue weighted by Crippen LogP contribution is -2.55. The van der Waals surface area contributed by atoms with Gasteiger partial charge in [0.1, 0.15) is 5.54 Å². The second kappa shape index (κ2) is 7.41. The maximum Gasteiger partial charge on any atom is 0.326 e. The van der Waals surface area contributed by atoms with Crippen LogP contribution in [0, 0.1) is 5.41 Å². The van der Waals surface area contributed by atoms with Gasteiger partial charge < -0.3 is 14.8 Å². The van der Waals surface area contributed by atoms with Crippen LogP contribution in [0.25, 0.3) is 0 Å². The van der Waals surface area contributed by atoms with Crippen LogP contribution >= 0.6 is 0 Å². The minimum absolute atomic E-state index is 0.133. The van der Waals surface area contributed by atoms with Crippen LogP contribution in [0.3, 0.4) is 0 Å². The largest absolute Gasteiger partial charge is 0.465 e. The zero-order valence-corrected chi connectivity index (χ0v) is 13.8. The number of likely N-dealkylation sites (N-methyl/N-ethyl adjacent to an activating group) is 1. The van der Waals surface area contributed by atoms with E-state index in [0.29, 0.717) is 13.0 Å². The summed E-state index contributed by atoms with van der Waals surface area (Å²) in [4.78, 5) is 12.2. The van der Waals surface area contributed by atoms with E-state index in [1.54, 1.807) is 0 Å². The first-order valence-corrected chi connectivity index (χ1v) is 7.81. The summed E-state index contributed by atoms with van der Waals surface area (Å²) in [7, 11) is 1.84. The van der Waals surface area contributed by atoms with Gasteiger partial charge in [-0.25, -0.2) is 0 Å². The van der Waals surface area contributed by atoms with Gasteiger partial charge in [-0.15, -0.1) is 0 Å². The zero-order chi connectivity index (χ0) is 15.2. The quantitative estimate of drug-likeness (QED) is 0.762. The van der Waals surface area contributed by atoms with Crippen molar-refractivity contribution in [1.29, 1.82) is 0 Å². The lowest BCUT2D eigenvalue weighted by atomic mass is 9.80. The van der Waals surface area contributed by atoms with E-state index >= 15 is 0 Å². The van der Waals surface area contributed by atoms with Gasteiger partial charge in [-0.2, -0.15) is 0 Å². The first kappa shape index (κ1) is 17.4. The Labute approximate surface area is 123 Å². The Bertz CT molecular complexity index is 311. The Morgan fingerprint density at radius 2 is 2.10 bits per heavy atom. The van der Waals surface area contributed by atoms with E-state index in [4.69, 9.17) is 9.47 Å². The highest BCUT2D eigenvalue weighted by Crippen LogP contribution is 2.31. The molecular weight excluding hydrogens is 254 g/mol. The predicted octanol–water partition coefficient (Wildman–Crippen LogP) is 2.90. The third-order valence-electron chi connectivity index (χ3n) is 4.06. The molecule has 1 aliphatic carbocycles. The first-order chi connectivity index (χ1) is 9.33. The average Bonchev–Trinajstić information content (AvgIpc) is 2.37. The molecule has 0 radical (unpaired) electrons. The Hall–Kier alpha value is -0.610. The van der Waals surface area contributed by atoms with Gasteiger partial charge in [-0.3, -0.25) is 4.79 Å². The fourth-order valence-corrected chi connectivity index (χ4v) is 2.68. The van der Waals surface area contributed by atoms with Gasteiger partial charge in [0.15, 0.2) is 0 Å². The Morgan fingerprint density at radius 1 is 1.40 bits per heavy atom. The molecule has 0 amide bonds. The fraction of sp³-hybridized carbons (Fsp3) is 0.938. The number of hydrogen-bond donors (Lipinski definition) is 1. The standard InChI is InChI=1S/C16H31NO3/c1-6-19-14(18)16(17-5)9-7-8-13(12-16)20-11-10-15(2,3)4/h13,17H,6-12H2,1-5H3. The van der Waals surface area contributed by atoms with Crippen LogP contribution in [0.2, 0.25) is 0 Å². The maximum atomic E-state index is 12.2. The van der Waals surface area contributed by atoms with Crippen LogP contribution in [-0.4, -0.2) is 37.9 Å². The van der Waals surface area contributed by atoms with Gasteiger partial charge in [0.2, 0.25) is 0 Å². The van der Waals surface area contributed by atoms with E-state index < -0.39 is 5.54 Å². The minimum atomic E-state index is -0.555. The monoisotopic (exact) mass is 285 g/mol. The molecule has 1 rings (SSSR count). The maximum absolute atomic E-state index is 12.2. The average molecular weight is 285 g/mol. The van der Waals surface area contributed by atoms with Crippen molar-refractivity contribution in [2.24, 2.45) is 5.41 Å². The number of ether oxygens (including phenoxy) is 2. The summed E-state index contributed by atoms with van der Waals surface area (Å²) in [6.45, 7) is 9.69. The minimum Gasteiger partial charge on any atom is -0.465 e. The fourth-order valence-electron chi connectivity index (χ4n) is 2.68. The van der Waals surface area contributed by atoms with Gasteiger partial charge in [0.25, 0.3) is 0 Å². The Morgan fingerprint density at radius 3 is 2.65 bits per heavy atom. The molecule has 118 valence electrons.